The molecule has 1 N–H and O–H groups in total. The zero-order valence-electron chi connectivity index (χ0n) is 14.8. The van der Waals surface area contributed by atoms with Crippen molar-refractivity contribution >= 4 is 16.7 Å². The summed E-state index contributed by atoms with van der Waals surface area (Å²) >= 11 is 0. The van der Waals surface area contributed by atoms with E-state index in [1.54, 1.807) is 20.3 Å². The van der Waals surface area contributed by atoms with Crippen LogP contribution in [0.15, 0.2) is 57.7 Å². The molecule has 6 heteroatoms. The second-order valence-electron chi connectivity index (χ2n) is 5.78. The highest BCUT2D eigenvalue weighted by atomic mass is 16.5. The van der Waals surface area contributed by atoms with Crippen LogP contribution in [0.3, 0.4) is 0 Å². The minimum absolute atomic E-state index is 0.0398. The van der Waals surface area contributed by atoms with Crippen molar-refractivity contribution in [2.45, 2.75) is 6.54 Å². The van der Waals surface area contributed by atoms with Crippen molar-refractivity contribution in [3.8, 4) is 11.5 Å². The average molecular weight is 355 g/mol. The molecule has 0 fully saturated rings. The summed E-state index contributed by atoms with van der Waals surface area (Å²) in [6.07, 6.45) is 0. The highest BCUT2D eigenvalue weighted by molar-refractivity contribution is 5.90. The number of fused-ring (bicyclic) bond motifs is 1. The number of rotatable bonds is 7. The molecule has 0 amide bonds. The number of para-hydroxylation sites is 1. The van der Waals surface area contributed by atoms with Crippen molar-refractivity contribution in [2.75, 3.05) is 32.3 Å². The van der Waals surface area contributed by atoms with Crippen LogP contribution in [0, 0.1) is 0 Å². The maximum Gasteiger partial charge on any atom is 0.338 e. The average Bonchev–Trinajstić information content (AvgIpc) is 2.66. The molecule has 0 aliphatic rings. The van der Waals surface area contributed by atoms with Crippen LogP contribution in [0.2, 0.25) is 0 Å². The molecule has 136 valence electrons. The molecule has 0 radical (unpaired) electrons. The van der Waals surface area contributed by atoms with Gasteiger partial charge in [-0.25, -0.2) is 4.79 Å². The van der Waals surface area contributed by atoms with Gasteiger partial charge in [0.25, 0.3) is 0 Å². The summed E-state index contributed by atoms with van der Waals surface area (Å²) in [6.45, 7) is 0.831. The zero-order valence-corrected chi connectivity index (χ0v) is 14.8. The van der Waals surface area contributed by atoms with E-state index in [-0.39, 0.29) is 6.61 Å². The fraction of sp³-hybridized carbons (Fsp3) is 0.250. The third-order valence-corrected chi connectivity index (χ3v) is 4.16. The summed E-state index contributed by atoms with van der Waals surface area (Å²) in [5.74, 6) is 1.28. The van der Waals surface area contributed by atoms with Crippen LogP contribution in [0.25, 0.3) is 11.0 Å². The van der Waals surface area contributed by atoms with Gasteiger partial charge in [-0.15, -0.1) is 0 Å². The van der Waals surface area contributed by atoms with Crippen molar-refractivity contribution in [1.82, 2.24) is 0 Å². The Bertz CT molecular complexity index is 950. The SMILES string of the molecule is COc1ccc(CN(CCO)c2cc(=O)oc3ccccc23)cc1OC. The zero-order chi connectivity index (χ0) is 18.5. The van der Waals surface area contributed by atoms with Crippen LogP contribution >= 0.6 is 0 Å². The molecule has 0 aliphatic carbocycles. The van der Waals surface area contributed by atoms with E-state index >= 15 is 0 Å². The highest BCUT2D eigenvalue weighted by Gasteiger charge is 2.14. The summed E-state index contributed by atoms with van der Waals surface area (Å²) < 4.78 is 15.9. The van der Waals surface area contributed by atoms with Crippen LogP contribution in [0.1, 0.15) is 5.56 Å². The molecule has 1 heterocycles. The Morgan fingerprint density at radius 2 is 1.81 bits per heavy atom. The van der Waals surface area contributed by atoms with Gasteiger partial charge in [0.05, 0.1) is 26.5 Å². The minimum Gasteiger partial charge on any atom is -0.493 e. The first-order chi connectivity index (χ1) is 12.7. The Kier molecular flexibility index (Phi) is 5.43. The Morgan fingerprint density at radius 1 is 1.04 bits per heavy atom. The van der Waals surface area contributed by atoms with Crippen LogP contribution in [-0.4, -0.2) is 32.5 Å². The number of hydrogen-bond donors (Lipinski definition) is 1. The molecule has 0 spiro atoms. The van der Waals surface area contributed by atoms with Gasteiger partial charge in [-0.1, -0.05) is 18.2 Å². The molecule has 0 bridgehead atoms. The van der Waals surface area contributed by atoms with E-state index in [9.17, 15) is 9.90 Å². The van der Waals surface area contributed by atoms with Gasteiger partial charge in [0, 0.05) is 24.5 Å². The number of aliphatic hydroxyl groups excluding tert-OH is 1. The molecule has 0 unspecified atom stereocenters. The van der Waals surface area contributed by atoms with Crippen LogP contribution in [-0.2, 0) is 6.54 Å². The van der Waals surface area contributed by atoms with E-state index in [0.29, 0.717) is 30.2 Å². The molecule has 1 aromatic heterocycles. The highest BCUT2D eigenvalue weighted by Crippen LogP contribution is 2.30. The predicted molar refractivity (Wildman–Crippen MR) is 100 cm³/mol. The molecule has 0 atom stereocenters. The Labute approximate surface area is 151 Å². The van der Waals surface area contributed by atoms with E-state index in [0.717, 1.165) is 16.6 Å². The number of benzene rings is 2. The molecule has 3 aromatic rings. The topological polar surface area (TPSA) is 72.1 Å². The number of methoxy groups -OCH3 is 2. The molecule has 3 rings (SSSR count). The van der Waals surface area contributed by atoms with Gasteiger partial charge in [-0.05, 0) is 29.8 Å². The molecular formula is C20H21NO5. The number of nitrogens with zero attached hydrogens (tertiary/aromatic N) is 1. The molecule has 0 saturated carbocycles. The maximum atomic E-state index is 12.0. The normalized spacial score (nSPS) is 10.7. The summed E-state index contributed by atoms with van der Waals surface area (Å²) in [5.41, 5.74) is 1.79. The van der Waals surface area contributed by atoms with Crippen LogP contribution < -0.4 is 20.0 Å². The standard InChI is InChI=1S/C20H21NO5/c1-24-18-8-7-14(11-19(18)25-2)13-21(9-10-22)16-12-20(23)26-17-6-4-3-5-15(16)17/h3-8,11-12,22H,9-10,13H2,1-2H3. The number of anilines is 1. The number of hydrogen-bond acceptors (Lipinski definition) is 6. The number of aliphatic hydroxyl groups is 1. The maximum absolute atomic E-state index is 12.0. The molecular weight excluding hydrogens is 334 g/mol. The summed E-state index contributed by atoms with van der Waals surface area (Å²) in [6, 6.07) is 14.5. The Hall–Kier alpha value is -2.99. The number of ether oxygens (including phenoxy) is 2. The fourth-order valence-corrected chi connectivity index (χ4v) is 2.96. The van der Waals surface area contributed by atoms with Crippen LogP contribution in [0.4, 0.5) is 5.69 Å². The van der Waals surface area contributed by atoms with Crippen molar-refractivity contribution in [1.29, 1.82) is 0 Å². The van der Waals surface area contributed by atoms with Gasteiger partial charge in [-0.2, -0.15) is 0 Å². The first kappa shape index (κ1) is 17.8. The fourth-order valence-electron chi connectivity index (χ4n) is 2.96. The Morgan fingerprint density at radius 3 is 2.54 bits per heavy atom. The third kappa shape index (κ3) is 3.65. The van der Waals surface area contributed by atoms with Gasteiger partial charge in [0.2, 0.25) is 0 Å². The second kappa shape index (κ2) is 7.93. The molecule has 0 saturated heterocycles. The van der Waals surface area contributed by atoms with Gasteiger partial charge < -0.3 is 23.9 Å². The first-order valence-corrected chi connectivity index (χ1v) is 8.26. The lowest BCUT2D eigenvalue weighted by Gasteiger charge is -2.25. The molecule has 2 aromatic carbocycles. The van der Waals surface area contributed by atoms with E-state index < -0.39 is 5.63 Å². The Balaban J connectivity index is 2.02. The lowest BCUT2D eigenvalue weighted by Crippen LogP contribution is -2.27. The van der Waals surface area contributed by atoms with Gasteiger partial charge in [-0.3, -0.25) is 0 Å². The summed E-state index contributed by atoms with van der Waals surface area (Å²) in [5, 5.41) is 10.3. The van der Waals surface area contributed by atoms with Gasteiger partial charge in [0.1, 0.15) is 5.58 Å². The summed E-state index contributed by atoms with van der Waals surface area (Å²) in [4.78, 5) is 13.9. The van der Waals surface area contributed by atoms with E-state index in [1.807, 2.05) is 41.3 Å². The van der Waals surface area contributed by atoms with Gasteiger partial charge >= 0.3 is 5.63 Å². The second-order valence-corrected chi connectivity index (χ2v) is 5.78. The molecule has 0 aliphatic heterocycles. The van der Waals surface area contributed by atoms with Crippen LogP contribution in [0.5, 0.6) is 11.5 Å². The van der Waals surface area contributed by atoms with Gasteiger partial charge in [0.15, 0.2) is 11.5 Å². The van der Waals surface area contributed by atoms with Crippen molar-refractivity contribution in [3.63, 3.8) is 0 Å². The van der Waals surface area contributed by atoms with E-state index in [2.05, 4.69) is 0 Å². The van der Waals surface area contributed by atoms with Crippen molar-refractivity contribution in [3.05, 3.63) is 64.5 Å². The minimum atomic E-state index is -0.422. The van der Waals surface area contributed by atoms with E-state index in [4.69, 9.17) is 13.9 Å². The lowest BCUT2D eigenvalue weighted by molar-refractivity contribution is 0.301. The van der Waals surface area contributed by atoms with E-state index in [1.165, 1.54) is 6.07 Å². The van der Waals surface area contributed by atoms with Crippen molar-refractivity contribution < 1.29 is 19.0 Å². The predicted octanol–water partition coefficient (Wildman–Crippen LogP) is 2.81. The summed E-state index contributed by atoms with van der Waals surface area (Å²) in [7, 11) is 3.17. The third-order valence-electron chi connectivity index (χ3n) is 4.16. The lowest BCUT2D eigenvalue weighted by atomic mass is 10.1. The van der Waals surface area contributed by atoms with Crippen molar-refractivity contribution in [2.24, 2.45) is 0 Å². The smallest absolute Gasteiger partial charge is 0.338 e. The largest absolute Gasteiger partial charge is 0.493 e. The first-order valence-electron chi connectivity index (χ1n) is 8.26. The monoisotopic (exact) mass is 355 g/mol. The molecule has 6 nitrogen and oxygen atoms in total. The molecule has 26 heavy (non-hydrogen) atoms. The quantitative estimate of drug-likeness (QED) is 0.657.